The van der Waals surface area contributed by atoms with Crippen molar-refractivity contribution in [3.63, 3.8) is 0 Å². The van der Waals surface area contributed by atoms with E-state index >= 15 is 0 Å². The Morgan fingerprint density at radius 3 is 2.78 bits per heavy atom. The van der Waals surface area contributed by atoms with Gasteiger partial charge in [0.1, 0.15) is 0 Å². The number of aromatic amines is 1. The largest absolute Gasteiger partial charge is 0.378 e. The molecule has 0 bridgehead atoms. The fraction of sp³-hybridized carbons (Fsp3) is 0.600. The second kappa shape index (κ2) is 6.56. The van der Waals surface area contributed by atoms with Gasteiger partial charge in [-0.05, 0) is 6.07 Å². The number of fused-ring (bicyclic) bond motifs is 1. The number of rotatable bonds is 3. The zero-order valence-corrected chi connectivity index (χ0v) is 13.8. The first-order valence-corrected chi connectivity index (χ1v) is 8.90. The van der Waals surface area contributed by atoms with Gasteiger partial charge in [-0.25, -0.2) is 4.79 Å². The molecule has 4 rings (SSSR count). The number of anilines is 1. The maximum atomic E-state index is 11.9. The van der Waals surface area contributed by atoms with Crippen LogP contribution in [0.2, 0.25) is 0 Å². The van der Waals surface area contributed by atoms with Crippen LogP contribution in [-0.2, 0) is 11.3 Å². The maximum absolute atomic E-state index is 11.9. The minimum Gasteiger partial charge on any atom is -0.378 e. The highest BCUT2D eigenvalue weighted by Gasteiger charge is 2.19. The van der Waals surface area contributed by atoms with Gasteiger partial charge in [0.05, 0.1) is 23.4 Å². The third-order valence-corrected chi connectivity index (χ3v) is 5.45. The first-order valence-electron chi connectivity index (χ1n) is 8.08. The summed E-state index contributed by atoms with van der Waals surface area (Å²) in [4.78, 5) is 24.9. The zero-order valence-electron chi connectivity index (χ0n) is 13.0. The summed E-state index contributed by atoms with van der Waals surface area (Å²) >= 11 is 1.74. The van der Waals surface area contributed by atoms with E-state index in [4.69, 9.17) is 4.74 Å². The quantitative estimate of drug-likeness (QED) is 0.836. The molecule has 23 heavy (non-hydrogen) atoms. The summed E-state index contributed by atoms with van der Waals surface area (Å²) in [6.07, 6.45) is 0. The van der Waals surface area contributed by atoms with Gasteiger partial charge in [0.2, 0.25) is 0 Å². The van der Waals surface area contributed by atoms with Gasteiger partial charge in [0.25, 0.3) is 0 Å². The van der Waals surface area contributed by atoms with Crippen LogP contribution in [0.25, 0.3) is 10.2 Å². The van der Waals surface area contributed by atoms with Gasteiger partial charge in [-0.2, -0.15) is 4.98 Å². The van der Waals surface area contributed by atoms with Gasteiger partial charge in [-0.1, -0.05) is 0 Å². The van der Waals surface area contributed by atoms with Crippen LogP contribution in [-0.4, -0.2) is 67.4 Å². The van der Waals surface area contributed by atoms with Gasteiger partial charge in [0, 0.05) is 50.7 Å². The molecule has 0 atom stereocenters. The highest BCUT2D eigenvalue weighted by atomic mass is 32.1. The summed E-state index contributed by atoms with van der Waals surface area (Å²) in [5.41, 5.74) is 0.632. The first kappa shape index (κ1) is 15.1. The van der Waals surface area contributed by atoms with Gasteiger partial charge in [-0.15, -0.1) is 11.3 Å². The molecule has 0 aromatic carbocycles. The lowest BCUT2D eigenvalue weighted by molar-refractivity contribution is 0.122. The summed E-state index contributed by atoms with van der Waals surface area (Å²) in [5.74, 6) is 0.809. The van der Waals surface area contributed by atoms with E-state index in [9.17, 15) is 4.79 Å². The smallest absolute Gasteiger partial charge is 0.347 e. The summed E-state index contributed by atoms with van der Waals surface area (Å²) < 4.78 is 6.48. The molecular formula is C15H21N5O2S. The topological polar surface area (TPSA) is 73.5 Å². The standard InChI is InChI=1S/C15H21N5O2S/c21-15-17-12-9-11(10-19-3-1-16-2-4-19)23-13(12)14(18-15)20-5-7-22-8-6-20/h9,16H,1-8,10H2,(H,17,18,21). The molecule has 2 fully saturated rings. The Bertz CT molecular complexity index is 731. The molecule has 0 spiro atoms. The lowest BCUT2D eigenvalue weighted by atomic mass is 10.3. The number of thiophene rings is 1. The van der Waals surface area contributed by atoms with Gasteiger partial charge < -0.3 is 19.9 Å². The fourth-order valence-electron chi connectivity index (χ4n) is 3.15. The van der Waals surface area contributed by atoms with E-state index in [2.05, 4.69) is 31.2 Å². The van der Waals surface area contributed by atoms with E-state index in [1.165, 1.54) is 4.88 Å². The Kier molecular flexibility index (Phi) is 4.30. The molecule has 124 valence electrons. The Morgan fingerprint density at radius 1 is 1.22 bits per heavy atom. The number of ether oxygens (including phenoxy) is 1. The maximum Gasteiger partial charge on any atom is 0.347 e. The lowest BCUT2D eigenvalue weighted by Crippen LogP contribution is -2.42. The van der Waals surface area contributed by atoms with Crippen LogP contribution in [0.5, 0.6) is 0 Å². The van der Waals surface area contributed by atoms with Crippen molar-refractivity contribution >= 4 is 27.4 Å². The van der Waals surface area contributed by atoms with Crippen molar-refractivity contribution in [1.29, 1.82) is 0 Å². The van der Waals surface area contributed by atoms with Crippen molar-refractivity contribution in [2.24, 2.45) is 0 Å². The molecule has 2 aliphatic heterocycles. The molecule has 7 nitrogen and oxygen atoms in total. The number of nitrogens with one attached hydrogen (secondary N) is 2. The Morgan fingerprint density at radius 2 is 2.00 bits per heavy atom. The molecule has 0 aliphatic carbocycles. The number of piperazine rings is 1. The third-order valence-electron chi connectivity index (χ3n) is 4.33. The average molecular weight is 335 g/mol. The van der Waals surface area contributed by atoms with E-state index in [1.54, 1.807) is 11.3 Å². The Balaban J connectivity index is 1.65. The number of morpholine rings is 1. The van der Waals surface area contributed by atoms with Crippen molar-refractivity contribution in [1.82, 2.24) is 20.2 Å². The van der Waals surface area contributed by atoms with Crippen molar-refractivity contribution in [3.8, 4) is 0 Å². The molecule has 2 aromatic rings. The number of hydrogen-bond donors (Lipinski definition) is 2. The molecule has 0 saturated carbocycles. The first-order chi connectivity index (χ1) is 11.3. The molecule has 2 saturated heterocycles. The van der Waals surface area contributed by atoms with Crippen LogP contribution < -0.4 is 15.9 Å². The van der Waals surface area contributed by atoms with Gasteiger partial charge in [0.15, 0.2) is 5.82 Å². The molecule has 0 amide bonds. The molecule has 2 aromatic heterocycles. The van der Waals surface area contributed by atoms with Crippen LogP contribution in [0.3, 0.4) is 0 Å². The third kappa shape index (κ3) is 3.25. The van der Waals surface area contributed by atoms with Crippen LogP contribution >= 0.6 is 11.3 Å². The summed E-state index contributed by atoms with van der Waals surface area (Å²) in [7, 11) is 0. The number of H-pyrrole nitrogens is 1. The van der Waals surface area contributed by atoms with Crippen molar-refractivity contribution in [3.05, 3.63) is 21.4 Å². The summed E-state index contributed by atoms with van der Waals surface area (Å²) in [6, 6.07) is 2.11. The normalized spacial score (nSPS) is 20.3. The van der Waals surface area contributed by atoms with E-state index in [0.717, 1.165) is 61.8 Å². The Labute approximate surface area is 138 Å². The molecule has 2 aliphatic rings. The SMILES string of the molecule is O=c1nc(N2CCOCC2)c2sc(CN3CCNCC3)cc2[nH]1. The van der Waals surface area contributed by atoms with E-state index in [1.807, 2.05) is 0 Å². The average Bonchev–Trinajstić information content (AvgIpc) is 2.98. The van der Waals surface area contributed by atoms with Crippen molar-refractivity contribution in [2.75, 3.05) is 57.4 Å². The van der Waals surface area contributed by atoms with Gasteiger partial charge in [-0.3, -0.25) is 4.90 Å². The molecule has 4 heterocycles. The summed E-state index contributed by atoms with van der Waals surface area (Å²) in [5, 5.41) is 3.37. The van der Waals surface area contributed by atoms with Crippen LogP contribution in [0.4, 0.5) is 5.82 Å². The van der Waals surface area contributed by atoms with Crippen molar-refractivity contribution < 1.29 is 4.74 Å². The molecule has 0 unspecified atom stereocenters. The van der Waals surface area contributed by atoms with Crippen molar-refractivity contribution in [2.45, 2.75) is 6.54 Å². The molecular weight excluding hydrogens is 314 g/mol. The van der Waals surface area contributed by atoms with E-state index < -0.39 is 0 Å². The fourth-order valence-corrected chi connectivity index (χ4v) is 4.32. The van der Waals surface area contributed by atoms with Crippen LogP contribution in [0.15, 0.2) is 10.9 Å². The second-order valence-corrected chi connectivity index (χ2v) is 7.08. The predicted molar refractivity (Wildman–Crippen MR) is 91.4 cm³/mol. The molecule has 0 radical (unpaired) electrons. The van der Waals surface area contributed by atoms with Crippen LogP contribution in [0.1, 0.15) is 4.88 Å². The minimum atomic E-state index is -0.273. The Hall–Kier alpha value is -1.48. The second-order valence-electron chi connectivity index (χ2n) is 5.95. The monoisotopic (exact) mass is 335 g/mol. The predicted octanol–water partition coefficient (Wildman–Crippen LogP) is 0.226. The lowest BCUT2D eigenvalue weighted by Gasteiger charge is -2.27. The van der Waals surface area contributed by atoms with Crippen LogP contribution in [0, 0.1) is 0 Å². The molecule has 8 heteroatoms. The number of hydrogen-bond acceptors (Lipinski definition) is 7. The highest BCUT2D eigenvalue weighted by molar-refractivity contribution is 7.19. The van der Waals surface area contributed by atoms with E-state index in [0.29, 0.717) is 13.2 Å². The minimum absolute atomic E-state index is 0.273. The zero-order chi connectivity index (χ0) is 15.6. The number of aromatic nitrogens is 2. The molecule has 2 N–H and O–H groups in total. The highest BCUT2D eigenvalue weighted by Crippen LogP contribution is 2.31. The number of nitrogens with zero attached hydrogens (tertiary/aromatic N) is 3. The van der Waals surface area contributed by atoms with Gasteiger partial charge >= 0.3 is 5.69 Å². The van der Waals surface area contributed by atoms with E-state index in [-0.39, 0.29) is 5.69 Å². The summed E-state index contributed by atoms with van der Waals surface area (Å²) in [6.45, 7) is 8.12.